The molecule has 2 aromatic rings. The molecule has 6 nitrogen and oxygen atoms in total. The average molecular weight is 373 g/mol. The fourth-order valence-electron chi connectivity index (χ4n) is 1.94. The third-order valence-electron chi connectivity index (χ3n) is 3.06. The molecule has 0 saturated heterocycles. The number of carbonyl (C=O) groups excluding carboxylic acids is 1. The van der Waals surface area contributed by atoms with Crippen molar-refractivity contribution >= 4 is 12.2 Å². The number of rotatable bonds is 5. The van der Waals surface area contributed by atoms with Crippen molar-refractivity contribution in [1.82, 2.24) is 15.0 Å². The maximum atomic E-state index is 13.7. The van der Waals surface area contributed by atoms with Crippen molar-refractivity contribution in [3.05, 3.63) is 35.8 Å². The van der Waals surface area contributed by atoms with E-state index in [1.165, 1.54) is 13.2 Å². The van der Waals surface area contributed by atoms with Crippen LogP contribution in [0.2, 0.25) is 0 Å². The summed E-state index contributed by atoms with van der Waals surface area (Å²) < 4.78 is 63.0. The van der Waals surface area contributed by atoms with Crippen molar-refractivity contribution in [1.29, 1.82) is 0 Å². The summed E-state index contributed by atoms with van der Waals surface area (Å²) in [5.41, 5.74) is -0.819. The Bertz CT molecular complexity index is 828. The maximum Gasteiger partial charge on any atom is 0.416 e. The number of ether oxygens (including phenoxy) is 2. The van der Waals surface area contributed by atoms with Crippen molar-refractivity contribution in [3.8, 4) is 17.0 Å². The summed E-state index contributed by atoms with van der Waals surface area (Å²) in [5.74, 6) is -2.43. The summed E-state index contributed by atoms with van der Waals surface area (Å²) >= 11 is 0. The van der Waals surface area contributed by atoms with Gasteiger partial charge in [0.15, 0.2) is 0 Å². The van der Waals surface area contributed by atoms with Crippen LogP contribution in [-0.4, -0.2) is 34.2 Å². The lowest BCUT2D eigenvalue weighted by Gasteiger charge is -2.10. The van der Waals surface area contributed by atoms with Crippen molar-refractivity contribution < 1.29 is 31.8 Å². The number of esters is 1. The Morgan fingerprint density at radius 2 is 1.96 bits per heavy atom. The van der Waals surface area contributed by atoms with Crippen LogP contribution in [-0.2, 0) is 15.7 Å². The summed E-state index contributed by atoms with van der Waals surface area (Å²) in [6.45, 7) is 3.11. The predicted octanol–water partition coefficient (Wildman–Crippen LogP) is 3.69. The van der Waals surface area contributed by atoms with Gasteiger partial charge >= 0.3 is 12.1 Å². The number of halogens is 4. The minimum atomic E-state index is -4.58. The number of nitrogens with zero attached hydrogens (tertiary/aromatic N) is 3. The number of hydrogen-bond acceptors (Lipinski definition) is 5. The van der Waals surface area contributed by atoms with E-state index < -0.39 is 29.6 Å². The zero-order valence-corrected chi connectivity index (χ0v) is 14.0. The van der Waals surface area contributed by atoms with Crippen molar-refractivity contribution in [2.45, 2.75) is 26.1 Å². The summed E-state index contributed by atoms with van der Waals surface area (Å²) in [5, 5.41) is 7.25. The van der Waals surface area contributed by atoms with E-state index in [0.29, 0.717) is 6.20 Å². The standard InChI is InChI=1S/C16H15F4N3O3/c1-9(2)26-15(24)13(17)7-23-8-14(21-22-23)10-4-11(16(18,19)20)6-12(5-10)25-3/h4-9H,1-3H3/b13-7+. The van der Waals surface area contributed by atoms with Gasteiger partial charge < -0.3 is 9.47 Å². The molecule has 0 bridgehead atoms. The molecule has 2 rings (SSSR count). The highest BCUT2D eigenvalue weighted by atomic mass is 19.4. The Hall–Kier alpha value is -2.91. The number of benzene rings is 1. The first kappa shape index (κ1) is 19.4. The molecule has 1 heterocycles. The van der Waals surface area contributed by atoms with Gasteiger partial charge in [0.1, 0.15) is 11.4 Å². The molecule has 0 radical (unpaired) electrons. The fourth-order valence-corrected chi connectivity index (χ4v) is 1.94. The van der Waals surface area contributed by atoms with E-state index in [0.717, 1.165) is 23.0 Å². The molecule has 10 heteroatoms. The monoisotopic (exact) mass is 373 g/mol. The summed E-state index contributed by atoms with van der Waals surface area (Å²) in [6.07, 6.45) is -3.21. The minimum absolute atomic E-state index is 0.0217. The zero-order valence-electron chi connectivity index (χ0n) is 14.0. The molecule has 0 atom stereocenters. The lowest BCUT2D eigenvalue weighted by molar-refractivity contribution is -0.144. The molecule has 0 fully saturated rings. The number of carbonyl (C=O) groups is 1. The van der Waals surface area contributed by atoms with E-state index >= 15 is 0 Å². The number of aromatic nitrogens is 3. The van der Waals surface area contributed by atoms with Crippen LogP contribution < -0.4 is 4.74 Å². The van der Waals surface area contributed by atoms with E-state index in [9.17, 15) is 22.4 Å². The Labute approximate surface area is 146 Å². The third-order valence-corrected chi connectivity index (χ3v) is 3.06. The lowest BCUT2D eigenvalue weighted by atomic mass is 10.1. The number of methoxy groups -OCH3 is 1. The topological polar surface area (TPSA) is 66.2 Å². The van der Waals surface area contributed by atoms with Crippen LogP contribution in [0.25, 0.3) is 17.5 Å². The normalized spacial score (nSPS) is 12.4. The van der Waals surface area contributed by atoms with Crippen LogP contribution in [0.4, 0.5) is 17.6 Å². The van der Waals surface area contributed by atoms with Crippen LogP contribution in [0, 0.1) is 0 Å². The second kappa shape index (κ2) is 7.54. The van der Waals surface area contributed by atoms with Gasteiger partial charge in [-0.1, -0.05) is 5.21 Å². The van der Waals surface area contributed by atoms with E-state index in [1.54, 1.807) is 13.8 Å². The molecular formula is C16H15F4N3O3. The highest BCUT2D eigenvalue weighted by molar-refractivity contribution is 5.89. The summed E-state index contributed by atoms with van der Waals surface area (Å²) in [4.78, 5) is 11.4. The van der Waals surface area contributed by atoms with Crippen molar-refractivity contribution in [2.24, 2.45) is 0 Å². The van der Waals surface area contributed by atoms with Gasteiger partial charge in [0, 0.05) is 5.56 Å². The largest absolute Gasteiger partial charge is 0.497 e. The van der Waals surface area contributed by atoms with Gasteiger partial charge in [0.05, 0.1) is 31.2 Å². The second-order valence-electron chi connectivity index (χ2n) is 5.46. The molecule has 0 aliphatic carbocycles. The van der Waals surface area contributed by atoms with Crippen LogP contribution in [0.3, 0.4) is 0 Å². The average Bonchev–Trinajstić information content (AvgIpc) is 3.01. The third kappa shape index (κ3) is 4.80. The number of alkyl halides is 3. The molecule has 1 aromatic heterocycles. The Morgan fingerprint density at radius 3 is 2.54 bits per heavy atom. The summed E-state index contributed by atoms with van der Waals surface area (Å²) in [7, 11) is 1.23. The molecule has 1 aromatic carbocycles. The minimum Gasteiger partial charge on any atom is -0.497 e. The van der Waals surface area contributed by atoms with Gasteiger partial charge in [-0.05, 0) is 32.0 Å². The molecule has 0 spiro atoms. The Balaban J connectivity index is 2.34. The van der Waals surface area contributed by atoms with Gasteiger partial charge in [-0.2, -0.15) is 17.6 Å². The van der Waals surface area contributed by atoms with Crippen LogP contribution >= 0.6 is 0 Å². The first-order valence-corrected chi connectivity index (χ1v) is 7.37. The molecule has 140 valence electrons. The van der Waals surface area contributed by atoms with Gasteiger partial charge in [0.2, 0.25) is 5.83 Å². The fraction of sp³-hybridized carbons (Fsp3) is 0.312. The quantitative estimate of drug-likeness (QED) is 0.454. The van der Waals surface area contributed by atoms with Gasteiger partial charge in [-0.25, -0.2) is 9.48 Å². The summed E-state index contributed by atoms with van der Waals surface area (Å²) in [6, 6.07) is 3.04. The molecule has 0 amide bonds. The molecule has 0 aliphatic heterocycles. The second-order valence-corrected chi connectivity index (χ2v) is 5.46. The lowest BCUT2D eigenvalue weighted by Crippen LogP contribution is -2.12. The van der Waals surface area contributed by atoms with Gasteiger partial charge in [0.25, 0.3) is 0 Å². The molecule has 0 N–H and O–H groups in total. The van der Waals surface area contributed by atoms with Crippen LogP contribution in [0.1, 0.15) is 19.4 Å². The molecular weight excluding hydrogens is 358 g/mol. The molecule has 0 aliphatic rings. The van der Waals surface area contributed by atoms with Gasteiger partial charge in [-0.3, -0.25) is 0 Å². The smallest absolute Gasteiger partial charge is 0.416 e. The molecule has 26 heavy (non-hydrogen) atoms. The number of hydrogen-bond donors (Lipinski definition) is 0. The highest BCUT2D eigenvalue weighted by Gasteiger charge is 2.31. The van der Waals surface area contributed by atoms with E-state index in [4.69, 9.17) is 4.74 Å². The first-order chi connectivity index (χ1) is 12.1. The van der Waals surface area contributed by atoms with Crippen LogP contribution in [0.5, 0.6) is 5.75 Å². The zero-order chi connectivity index (χ0) is 19.5. The van der Waals surface area contributed by atoms with Gasteiger partial charge in [-0.15, -0.1) is 5.10 Å². The van der Waals surface area contributed by atoms with E-state index in [-0.39, 0.29) is 17.0 Å². The van der Waals surface area contributed by atoms with Crippen molar-refractivity contribution in [3.63, 3.8) is 0 Å². The SMILES string of the molecule is COc1cc(-c2cn(/C=C(/F)C(=O)OC(C)C)nn2)cc(C(F)(F)F)c1. The predicted molar refractivity (Wildman–Crippen MR) is 83.6 cm³/mol. The molecule has 0 saturated carbocycles. The Kier molecular flexibility index (Phi) is 5.63. The Morgan fingerprint density at radius 1 is 1.27 bits per heavy atom. The maximum absolute atomic E-state index is 13.7. The van der Waals surface area contributed by atoms with Crippen molar-refractivity contribution in [2.75, 3.05) is 7.11 Å². The van der Waals surface area contributed by atoms with E-state index in [1.807, 2.05) is 0 Å². The van der Waals surface area contributed by atoms with E-state index in [2.05, 4.69) is 15.0 Å². The first-order valence-electron chi connectivity index (χ1n) is 7.37. The van der Waals surface area contributed by atoms with Crippen LogP contribution in [0.15, 0.2) is 30.2 Å². The molecule has 0 unspecified atom stereocenters. The highest BCUT2D eigenvalue weighted by Crippen LogP contribution is 2.35.